The summed E-state index contributed by atoms with van der Waals surface area (Å²) in [7, 11) is 0. The summed E-state index contributed by atoms with van der Waals surface area (Å²) in [6, 6.07) is 5.63. The van der Waals surface area contributed by atoms with Crippen LogP contribution in [0.2, 0.25) is 0 Å². The lowest BCUT2D eigenvalue weighted by molar-refractivity contribution is -0.384. The highest BCUT2D eigenvalue weighted by atomic mass is 79.9. The third-order valence-corrected chi connectivity index (χ3v) is 4.49. The topological polar surface area (TPSA) is 49.6 Å². The molecule has 1 fully saturated rings. The molecule has 0 radical (unpaired) electrons. The smallest absolute Gasteiger partial charge is 0.292 e. The molecule has 1 aromatic rings. The molecule has 2 heterocycles. The van der Waals surface area contributed by atoms with Gasteiger partial charge in [-0.2, -0.15) is 0 Å². The van der Waals surface area contributed by atoms with Crippen LogP contribution in [0.15, 0.2) is 34.8 Å². The van der Waals surface area contributed by atoms with Crippen molar-refractivity contribution in [1.29, 1.82) is 0 Å². The van der Waals surface area contributed by atoms with Gasteiger partial charge < -0.3 is 4.90 Å². The van der Waals surface area contributed by atoms with Gasteiger partial charge in [0, 0.05) is 42.8 Å². The summed E-state index contributed by atoms with van der Waals surface area (Å²) >= 11 is 3.40. The van der Waals surface area contributed by atoms with Crippen molar-refractivity contribution in [2.24, 2.45) is 0 Å². The molecule has 0 N–H and O–H groups in total. The Labute approximate surface area is 126 Å². The molecule has 2 aliphatic rings. The van der Waals surface area contributed by atoms with E-state index in [0.29, 0.717) is 6.04 Å². The summed E-state index contributed by atoms with van der Waals surface area (Å²) in [5, 5.41) is 11.2. The molecule has 106 valence electrons. The van der Waals surface area contributed by atoms with E-state index < -0.39 is 0 Å². The number of nitro groups is 1. The predicted molar refractivity (Wildman–Crippen MR) is 82.1 cm³/mol. The van der Waals surface area contributed by atoms with Gasteiger partial charge in [-0.3, -0.25) is 15.0 Å². The molecule has 0 aliphatic carbocycles. The Hall–Kier alpha value is -1.40. The monoisotopic (exact) mass is 337 g/mol. The standard InChI is InChI=1S/C14H16BrN3O2/c15-11-3-4-13(18(19)20)14(9-11)17-8-5-12(10-17)16-6-1-2-7-16/h1-4,9,12H,5-8,10H2. The van der Waals surface area contributed by atoms with Gasteiger partial charge in [-0.25, -0.2) is 0 Å². The largest absolute Gasteiger partial charge is 0.364 e. The minimum Gasteiger partial charge on any atom is -0.364 e. The van der Waals surface area contributed by atoms with Gasteiger partial charge in [0.2, 0.25) is 0 Å². The highest BCUT2D eigenvalue weighted by molar-refractivity contribution is 9.10. The Bertz CT molecular complexity index is 553. The van der Waals surface area contributed by atoms with E-state index in [1.165, 1.54) is 0 Å². The molecular formula is C14H16BrN3O2. The fourth-order valence-corrected chi connectivity index (χ4v) is 3.30. The lowest BCUT2D eigenvalue weighted by Gasteiger charge is -2.24. The van der Waals surface area contributed by atoms with Crippen LogP contribution in [0.25, 0.3) is 0 Å². The molecule has 1 unspecified atom stereocenters. The number of hydrogen-bond donors (Lipinski definition) is 0. The first-order valence-corrected chi connectivity index (χ1v) is 7.52. The minimum atomic E-state index is -0.299. The first-order chi connectivity index (χ1) is 9.65. The van der Waals surface area contributed by atoms with Crippen molar-refractivity contribution in [3.63, 3.8) is 0 Å². The van der Waals surface area contributed by atoms with Crippen LogP contribution in [-0.4, -0.2) is 42.0 Å². The number of halogens is 1. The molecule has 0 saturated carbocycles. The third-order valence-electron chi connectivity index (χ3n) is 4.00. The number of nitrogens with zero attached hydrogens (tertiary/aromatic N) is 3. The summed E-state index contributed by atoms with van der Waals surface area (Å²) < 4.78 is 0.879. The summed E-state index contributed by atoms with van der Waals surface area (Å²) in [6.07, 6.45) is 5.43. The normalized spacial score (nSPS) is 22.6. The van der Waals surface area contributed by atoms with Crippen molar-refractivity contribution in [3.05, 3.63) is 44.9 Å². The van der Waals surface area contributed by atoms with Crippen LogP contribution in [0.1, 0.15) is 6.42 Å². The molecule has 2 aliphatic heterocycles. The van der Waals surface area contributed by atoms with E-state index in [2.05, 4.69) is 37.9 Å². The molecule has 6 heteroatoms. The second kappa shape index (κ2) is 5.54. The molecule has 0 amide bonds. The van der Waals surface area contributed by atoms with Crippen LogP contribution in [0, 0.1) is 10.1 Å². The van der Waals surface area contributed by atoms with Gasteiger partial charge in [-0.1, -0.05) is 28.1 Å². The fraction of sp³-hybridized carbons (Fsp3) is 0.429. The molecular weight excluding hydrogens is 322 g/mol. The number of benzene rings is 1. The third kappa shape index (κ3) is 2.58. The molecule has 0 spiro atoms. The molecule has 0 bridgehead atoms. The molecule has 1 aromatic carbocycles. The van der Waals surface area contributed by atoms with Crippen molar-refractivity contribution in [1.82, 2.24) is 4.90 Å². The Morgan fingerprint density at radius 1 is 1.30 bits per heavy atom. The zero-order valence-electron chi connectivity index (χ0n) is 11.0. The maximum atomic E-state index is 11.2. The zero-order chi connectivity index (χ0) is 14.1. The summed E-state index contributed by atoms with van der Waals surface area (Å²) in [5.41, 5.74) is 0.910. The molecule has 3 rings (SSSR count). The van der Waals surface area contributed by atoms with E-state index in [9.17, 15) is 10.1 Å². The Morgan fingerprint density at radius 3 is 2.75 bits per heavy atom. The van der Waals surface area contributed by atoms with Crippen molar-refractivity contribution in [2.45, 2.75) is 12.5 Å². The fourth-order valence-electron chi connectivity index (χ4n) is 2.96. The lowest BCUT2D eigenvalue weighted by Crippen LogP contribution is -2.35. The van der Waals surface area contributed by atoms with E-state index >= 15 is 0 Å². The van der Waals surface area contributed by atoms with E-state index in [-0.39, 0.29) is 10.6 Å². The zero-order valence-corrected chi connectivity index (χ0v) is 12.6. The van der Waals surface area contributed by atoms with E-state index in [1.807, 2.05) is 6.07 Å². The SMILES string of the molecule is O=[N+]([O-])c1ccc(Br)cc1N1CCC(N2CC=CC2)C1. The summed E-state index contributed by atoms with van der Waals surface area (Å²) in [6.45, 7) is 3.73. The number of nitro benzene ring substituents is 1. The van der Waals surface area contributed by atoms with Crippen LogP contribution in [-0.2, 0) is 0 Å². The quantitative estimate of drug-likeness (QED) is 0.483. The Kier molecular flexibility index (Phi) is 3.76. The van der Waals surface area contributed by atoms with Crippen LogP contribution >= 0.6 is 15.9 Å². The first kappa shape index (κ1) is 13.6. The summed E-state index contributed by atoms with van der Waals surface area (Å²) in [4.78, 5) is 15.4. The van der Waals surface area contributed by atoms with Gasteiger partial charge in [-0.15, -0.1) is 0 Å². The number of hydrogen-bond acceptors (Lipinski definition) is 4. The lowest BCUT2D eigenvalue weighted by atomic mass is 10.2. The van der Waals surface area contributed by atoms with Gasteiger partial charge in [-0.05, 0) is 18.6 Å². The predicted octanol–water partition coefficient (Wildman–Crippen LogP) is 2.81. The maximum absolute atomic E-state index is 11.2. The average molecular weight is 338 g/mol. The molecule has 5 nitrogen and oxygen atoms in total. The van der Waals surface area contributed by atoms with Gasteiger partial charge in [0.15, 0.2) is 0 Å². The average Bonchev–Trinajstić information content (AvgIpc) is 3.09. The van der Waals surface area contributed by atoms with Crippen LogP contribution in [0.4, 0.5) is 11.4 Å². The van der Waals surface area contributed by atoms with Gasteiger partial charge in [0.25, 0.3) is 5.69 Å². The molecule has 20 heavy (non-hydrogen) atoms. The molecule has 1 atom stereocenters. The number of anilines is 1. The number of rotatable bonds is 3. The highest BCUT2D eigenvalue weighted by Gasteiger charge is 2.31. The van der Waals surface area contributed by atoms with Crippen LogP contribution in [0.3, 0.4) is 0 Å². The summed E-state index contributed by atoms with van der Waals surface area (Å²) in [5.74, 6) is 0. The van der Waals surface area contributed by atoms with Gasteiger partial charge >= 0.3 is 0 Å². The van der Waals surface area contributed by atoms with Gasteiger partial charge in [0.1, 0.15) is 5.69 Å². The minimum absolute atomic E-state index is 0.188. The van der Waals surface area contributed by atoms with Crippen molar-refractivity contribution >= 4 is 27.3 Å². The van der Waals surface area contributed by atoms with E-state index in [4.69, 9.17) is 0 Å². The molecule has 0 aromatic heterocycles. The van der Waals surface area contributed by atoms with Crippen molar-refractivity contribution < 1.29 is 4.92 Å². The van der Waals surface area contributed by atoms with E-state index in [1.54, 1.807) is 12.1 Å². The van der Waals surface area contributed by atoms with E-state index in [0.717, 1.165) is 42.8 Å². The van der Waals surface area contributed by atoms with Crippen molar-refractivity contribution in [3.8, 4) is 0 Å². The Morgan fingerprint density at radius 2 is 2.05 bits per heavy atom. The van der Waals surface area contributed by atoms with Crippen LogP contribution in [0.5, 0.6) is 0 Å². The Balaban J connectivity index is 1.80. The second-order valence-electron chi connectivity index (χ2n) is 5.20. The maximum Gasteiger partial charge on any atom is 0.292 e. The van der Waals surface area contributed by atoms with Gasteiger partial charge in [0.05, 0.1) is 4.92 Å². The van der Waals surface area contributed by atoms with Crippen molar-refractivity contribution in [2.75, 3.05) is 31.1 Å². The first-order valence-electron chi connectivity index (χ1n) is 6.73. The molecule has 1 saturated heterocycles. The highest BCUT2D eigenvalue weighted by Crippen LogP contribution is 2.34. The second-order valence-corrected chi connectivity index (χ2v) is 6.12. The van der Waals surface area contributed by atoms with Crippen LogP contribution < -0.4 is 4.90 Å².